The summed E-state index contributed by atoms with van der Waals surface area (Å²) in [4.78, 5) is 0. The van der Waals surface area contributed by atoms with Crippen molar-refractivity contribution in [2.45, 2.75) is 25.4 Å². The van der Waals surface area contributed by atoms with Gasteiger partial charge in [0.1, 0.15) is 0 Å². The van der Waals surface area contributed by atoms with Gasteiger partial charge in [0, 0.05) is 11.5 Å². The first-order valence-electron chi connectivity index (χ1n) is 6.07. The van der Waals surface area contributed by atoms with Crippen molar-refractivity contribution >= 4 is 25.3 Å². The van der Waals surface area contributed by atoms with E-state index in [1.165, 1.54) is 33.4 Å². The smallest absolute Gasteiger partial charge is 0.0160 e. The van der Waals surface area contributed by atoms with E-state index in [1.54, 1.807) is 0 Å². The van der Waals surface area contributed by atoms with Gasteiger partial charge < -0.3 is 0 Å². The van der Waals surface area contributed by atoms with Gasteiger partial charge in [0.2, 0.25) is 0 Å². The van der Waals surface area contributed by atoms with Crippen molar-refractivity contribution in [3.8, 4) is 11.1 Å². The van der Waals surface area contributed by atoms with Crippen LogP contribution in [0.15, 0.2) is 36.4 Å². The molecule has 2 aromatic rings. The lowest BCUT2D eigenvalue weighted by molar-refractivity contribution is 1.30. The SMILES string of the molecule is Cc1ccc(-c2c(C)cccc2CS)cc1CS. The monoisotopic (exact) mass is 274 g/mol. The highest BCUT2D eigenvalue weighted by Gasteiger charge is 2.08. The summed E-state index contributed by atoms with van der Waals surface area (Å²) in [6, 6.07) is 13.0. The largest absolute Gasteiger partial charge is 0.175 e. The molecule has 0 radical (unpaired) electrons. The van der Waals surface area contributed by atoms with E-state index in [4.69, 9.17) is 0 Å². The fourth-order valence-electron chi connectivity index (χ4n) is 2.27. The third-order valence-electron chi connectivity index (χ3n) is 3.34. The first kappa shape index (κ1) is 13.6. The average Bonchev–Trinajstić information content (AvgIpc) is 2.39. The second-order valence-corrected chi connectivity index (χ2v) is 5.20. The molecule has 0 aliphatic heterocycles. The lowest BCUT2D eigenvalue weighted by atomic mass is 9.93. The van der Waals surface area contributed by atoms with Crippen LogP contribution in [0.25, 0.3) is 11.1 Å². The van der Waals surface area contributed by atoms with Crippen LogP contribution in [0.5, 0.6) is 0 Å². The van der Waals surface area contributed by atoms with E-state index in [9.17, 15) is 0 Å². The van der Waals surface area contributed by atoms with Gasteiger partial charge in [-0.15, -0.1) is 0 Å². The molecular formula is C16H18S2. The van der Waals surface area contributed by atoms with Crippen molar-refractivity contribution in [3.63, 3.8) is 0 Å². The van der Waals surface area contributed by atoms with Crippen LogP contribution < -0.4 is 0 Å². The lowest BCUT2D eigenvalue weighted by Crippen LogP contribution is -1.93. The fraction of sp³-hybridized carbons (Fsp3) is 0.250. The van der Waals surface area contributed by atoms with E-state index < -0.39 is 0 Å². The second kappa shape index (κ2) is 5.85. The van der Waals surface area contributed by atoms with Crippen molar-refractivity contribution < 1.29 is 0 Å². The van der Waals surface area contributed by atoms with E-state index >= 15 is 0 Å². The molecule has 2 aromatic carbocycles. The number of thiol groups is 2. The molecule has 0 N–H and O–H groups in total. The first-order valence-corrected chi connectivity index (χ1v) is 7.34. The zero-order valence-corrected chi connectivity index (χ0v) is 12.6. The van der Waals surface area contributed by atoms with Crippen molar-refractivity contribution in [1.29, 1.82) is 0 Å². The predicted octanol–water partition coefficient (Wildman–Crippen LogP) is 4.83. The average molecular weight is 274 g/mol. The summed E-state index contributed by atoms with van der Waals surface area (Å²) in [5.41, 5.74) is 7.77. The highest BCUT2D eigenvalue weighted by molar-refractivity contribution is 7.79. The molecule has 0 aliphatic rings. The zero-order valence-electron chi connectivity index (χ0n) is 10.8. The van der Waals surface area contributed by atoms with E-state index in [0.29, 0.717) is 0 Å². The number of benzene rings is 2. The van der Waals surface area contributed by atoms with Gasteiger partial charge in [0.05, 0.1) is 0 Å². The van der Waals surface area contributed by atoms with Crippen LogP contribution in [0.1, 0.15) is 22.3 Å². The molecule has 0 bridgehead atoms. The Labute approximate surface area is 120 Å². The Hall–Kier alpha value is -0.860. The molecular weight excluding hydrogens is 256 g/mol. The molecule has 0 atom stereocenters. The molecule has 0 aliphatic carbocycles. The molecule has 0 saturated heterocycles. The second-order valence-electron chi connectivity index (χ2n) is 4.57. The van der Waals surface area contributed by atoms with Gasteiger partial charge in [-0.1, -0.05) is 36.4 Å². The summed E-state index contributed by atoms with van der Waals surface area (Å²) < 4.78 is 0. The third-order valence-corrected chi connectivity index (χ3v) is 4.02. The predicted molar refractivity (Wildman–Crippen MR) is 86.7 cm³/mol. The summed E-state index contributed by atoms with van der Waals surface area (Å²) in [6.07, 6.45) is 0. The van der Waals surface area contributed by atoms with Crippen LogP contribution in [0, 0.1) is 13.8 Å². The Bertz CT molecular complexity index is 559. The van der Waals surface area contributed by atoms with Crippen molar-refractivity contribution in [2.24, 2.45) is 0 Å². The molecule has 2 heteroatoms. The number of aryl methyl sites for hydroxylation is 2. The minimum atomic E-state index is 0.765. The van der Waals surface area contributed by atoms with Gasteiger partial charge in [-0.25, -0.2) is 0 Å². The van der Waals surface area contributed by atoms with Gasteiger partial charge in [0.15, 0.2) is 0 Å². The zero-order chi connectivity index (χ0) is 13.1. The Morgan fingerprint density at radius 1 is 0.833 bits per heavy atom. The molecule has 0 spiro atoms. The van der Waals surface area contributed by atoms with Gasteiger partial charge in [-0.05, 0) is 47.2 Å². The van der Waals surface area contributed by atoms with Crippen molar-refractivity contribution in [3.05, 3.63) is 58.7 Å². The molecule has 0 aromatic heterocycles. The number of hydrogen-bond acceptors (Lipinski definition) is 2. The van der Waals surface area contributed by atoms with Crippen molar-refractivity contribution in [1.82, 2.24) is 0 Å². The normalized spacial score (nSPS) is 10.7. The summed E-state index contributed by atoms with van der Waals surface area (Å²) in [6.45, 7) is 4.29. The van der Waals surface area contributed by atoms with Crippen molar-refractivity contribution in [2.75, 3.05) is 0 Å². The van der Waals surface area contributed by atoms with Gasteiger partial charge in [-0.3, -0.25) is 0 Å². The van der Waals surface area contributed by atoms with E-state index in [2.05, 4.69) is 75.5 Å². The van der Waals surface area contributed by atoms with Crippen LogP contribution in [0.2, 0.25) is 0 Å². The molecule has 94 valence electrons. The quantitative estimate of drug-likeness (QED) is 0.736. The van der Waals surface area contributed by atoms with E-state index in [1.807, 2.05) is 0 Å². The van der Waals surface area contributed by atoms with Crippen LogP contribution in [-0.2, 0) is 11.5 Å². The molecule has 18 heavy (non-hydrogen) atoms. The third kappa shape index (κ3) is 2.60. The Morgan fingerprint density at radius 3 is 2.22 bits per heavy atom. The van der Waals surface area contributed by atoms with Gasteiger partial charge in [0.25, 0.3) is 0 Å². The molecule has 0 saturated carbocycles. The maximum atomic E-state index is 4.43. The molecule has 2 rings (SSSR count). The van der Waals surface area contributed by atoms with Crippen LogP contribution in [-0.4, -0.2) is 0 Å². The van der Waals surface area contributed by atoms with Crippen LogP contribution in [0.3, 0.4) is 0 Å². The molecule has 0 unspecified atom stereocenters. The maximum absolute atomic E-state index is 4.43. The summed E-state index contributed by atoms with van der Waals surface area (Å²) >= 11 is 8.83. The topological polar surface area (TPSA) is 0 Å². The first-order chi connectivity index (χ1) is 8.67. The van der Waals surface area contributed by atoms with E-state index in [0.717, 1.165) is 11.5 Å². The molecule has 0 fully saturated rings. The fourth-order valence-corrected chi connectivity index (χ4v) is 2.87. The van der Waals surface area contributed by atoms with E-state index in [-0.39, 0.29) is 0 Å². The Morgan fingerprint density at radius 2 is 1.56 bits per heavy atom. The minimum Gasteiger partial charge on any atom is -0.175 e. The lowest BCUT2D eigenvalue weighted by Gasteiger charge is -2.13. The summed E-state index contributed by atoms with van der Waals surface area (Å²) in [5, 5.41) is 0. The number of hydrogen-bond donors (Lipinski definition) is 2. The summed E-state index contributed by atoms with van der Waals surface area (Å²) in [7, 11) is 0. The van der Waals surface area contributed by atoms with Gasteiger partial charge >= 0.3 is 0 Å². The molecule has 0 amide bonds. The van der Waals surface area contributed by atoms with Crippen LogP contribution in [0.4, 0.5) is 0 Å². The summed E-state index contributed by atoms with van der Waals surface area (Å²) in [5.74, 6) is 1.54. The van der Waals surface area contributed by atoms with Crippen LogP contribution >= 0.6 is 25.3 Å². The number of rotatable bonds is 3. The highest BCUT2D eigenvalue weighted by atomic mass is 32.1. The maximum Gasteiger partial charge on any atom is 0.0160 e. The molecule has 0 nitrogen and oxygen atoms in total. The standard InChI is InChI=1S/C16H18S2/c1-11-6-7-13(8-15(11)10-18)16-12(2)4-3-5-14(16)9-17/h3-8,17-18H,9-10H2,1-2H3. The minimum absolute atomic E-state index is 0.765. The van der Waals surface area contributed by atoms with Gasteiger partial charge in [-0.2, -0.15) is 25.3 Å². The highest BCUT2D eigenvalue weighted by Crippen LogP contribution is 2.30. The Balaban J connectivity index is 2.61. The molecule has 0 heterocycles. The Kier molecular flexibility index (Phi) is 4.41.